The molecule has 0 aliphatic rings. The minimum absolute atomic E-state index is 0.232. The number of hydrogen-bond acceptors (Lipinski definition) is 5. The van der Waals surface area contributed by atoms with E-state index in [1.807, 2.05) is 0 Å². The molecule has 0 aliphatic heterocycles. The fourth-order valence-corrected chi connectivity index (χ4v) is 1.61. The number of likely N-dealkylation sites (N-methyl/N-ethyl adjacent to an activating group) is 1. The number of rotatable bonds is 6. The number of carbonyl (C=O) groups is 2. The zero-order valence-electron chi connectivity index (χ0n) is 11.3. The molecule has 0 bridgehead atoms. The van der Waals surface area contributed by atoms with Gasteiger partial charge >= 0.3 is 0 Å². The molecule has 0 radical (unpaired) electrons. The van der Waals surface area contributed by atoms with Gasteiger partial charge in [-0.15, -0.1) is 0 Å². The third kappa shape index (κ3) is 3.94. The Bertz CT molecular complexity index is 467. The Morgan fingerprint density at radius 2 is 2.00 bits per heavy atom. The van der Waals surface area contributed by atoms with E-state index >= 15 is 0 Å². The Morgan fingerprint density at radius 1 is 1.30 bits per heavy atom. The molecule has 0 aromatic heterocycles. The van der Waals surface area contributed by atoms with Crippen LogP contribution >= 0.6 is 0 Å². The topological polar surface area (TPSA) is 108 Å². The number of aliphatic hydroxyl groups is 2. The molecule has 0 spiro atoms. The van der Waals surface area contributed by atoms with Gasteiger partial charge in [0.25, 0.3) is 5.91 Å². The van der Waals surface area contributed by atoms with Gasteiger partial charge in [0.1, 0.15) is 11.8 Å². The van der Waals surface area contributed by atoms with Crippen molar-refractivity contribution in [3.63, 3.8) is 0 Å². The molecule has 0 aliphatic carbocycles. The number of methoxy groups -OCH3 is 1. The molecular formula is C13H18N2O5. The molecule has 0 heterocycles. The summed E-state index contributed by atoms with van der Waals surface area (Å²) in [5.41, 5.74) is 0.741. The molecule has 1 atom stereocenters. The average molecular weight is 282 g/mol. The second-order valence-electron chi connectivity index (χ2n) is 4.05. The summed E-state index contributed by atoms with van der Waals surface area (Å²) in [4.78, 5) is 23.4. The number of amides is 2. The molecule has 1 aromatic rings. The van der Waals surface area contributed by atoms with Gasteiger partial charge in [-0.05, 0) is 23.8 Å². The first-order valence-corrected chi connectivity index (χ1v) is 5.97. The Balaban J connectivity index is 2.93. The number of aliphatic hydroxyl groups excluding tert-OH is 2. The lowest BCUT2D eigenvalue weighted by Gasteiger charge is -2.15. The van der Waals surface area contributed by atoms with Crippen LogP contribution in [0.15, 0.2) is 18.2 Å². The number of ether oxygens (including phenoxy) is 1. The average Bonchev–Trinajstić information content (AvgIpc) is 2.50. The monoisotopic (exact) mass is 282 g/mol. The molecule has 1 rings (SSSR count). The van der Waals surface area contributed by atoms with Crippen LogP contribution in [-0.2, 0) is 11.4 Å². The summed E-state index contributed by atoms with van der Waals surface area (Å²) >= 11 is 0. The largest absolute Gasteiger partial charge is 0.497 e. The standard InChI is InChI=1S/C13H18N2O5/c1-14-13(19)11(7-17)15-12(18)9-3-8(6-16)4-10(5-9)20-2/h3-5,11,16-17H,6-7H2,1-2H3,(H,14,19)(H,15,18)/t11-/m0/s1. The van der Waals surface area contributed by atoms with Gasteiger partial charge in [-0.25, -0.2) is 0 Å². The van der Waals surface area contributed by atoms with Gasteiger partial charge in [0.15, 0.2) is 0 Å². The highest BCUT2D eigenvalue weighted by atomic mass is 16.5. The van der Waals surface area contributed by atoms with E-state index in [0.717, 1.165) is 0 Å². The van der Waals surface area contributed by atoms with E-state index < -0.39 is 24.5 Å². The zero-order valence-corrected chi connectivity index (χ0v) is 11.3. The maximum Gasteiger partial charge on any atom is 0.252 e. The highest BCUT2D eigenvalue weighted by molar-refractivity contribution is 5.98. The van der Waals surface area contributed by atoms with Crippen molar-refractivity contribution in [1.82, 2.24) is 10.6 Å². The second-order valence-corrected chi connectivity index (χ2v) is 4.05. The normalized spacial score (nSPS) is 11.6. The Kier molecular flexibility index (Phi) is 5.95. The highest BCUT2D eigenvalue weighted by Crippen LogP contribution is 2.17. The second kappa shape index (κ2) is 7.46. The quantitative estimate of drug-likeness (QED) is 0.536. The van der Waals surface area contributed by atoms with Crippen LogP contribution in [0.1, 0.15) is 15.9 Å². The summed E-state index contributed by atoms with van der Waals surface area (Å²) in [5.74, 6) is -0.616. The van der Waals surface area contributed by atoms with Crippen LogP contribution in [0.4, 0.5) is 0 Å². The molecule has 4 N–H and O–H groups in total. The number of benzene rings is 1. The Morgan fingerprint density at radius 3 is 2.50 bits per heavy atom. The number of carbonyl (C=O) groups excluding carboxylic acids is 2. The van der Waals surface area contributed by atoms with Crippen LogP contribution in [0.3, 0.4) is 0 Å². The SMILES string of the molecule is CNC(=O)[C@H](CO)NC(=O)c1cc(CO)cc(OC)c1. The maximum atomic E-state index is 12.0. The third-order valence-electron chi connectivity index (χ3n) is 2.70. The fourth-order valence-electron chi connectivity index (χ4n) is 1.61. The van der Waals surface area contributed by atoms with Gasteiger partial charge < -0.3 is 25.6 Å². The predicted octanol–water partition coefficient (Wildman–Crippen LogP) is -0.976. The van der Waals surface area contributed by atoms with E-state index in [4.69, 9.17) is 14.9 Å². The Labute approximate surface area is 116 Å². The van der Waals surface area contributed by atoms with Crippen LogP contribution in [0.25, 0.3) is 0 Å². The van der Waals surface area contributed by atoms with Gasteiger partial charge in [0.05, 0.1) is 20.3 Å². The van der Waals surface area contributed by atoms with Crippen molar-refractivity contribution < 1.29 is 24.5 Å². The van der Waals surface area contributed by atoms with Crippen molar-refractivity contribution in [2.24, 2.45) is 0 Å². The lowest BCUT2D eigenvalue weighted by atomic mass is 10.1. The van der Waals surface area contributed by atoms with Gasteiger partial charge in [-0.2, -0.15) is 0 Å². The highest BCUT2D eigenvalue weighted by Gasteiger charge is 2.20. The third-order valence-corrected chi connectivity index (χ3v) is 2.70. The van der Waals surface area contributed by atoms with Crippen molar-refractivity contribution in [1.29, 1.82) is 0 Å². The van der Waals surface area contributed by atoms with Crippen molar-refractivity contribution in [3.05, 3.63) is 29.3 Å². The first kappa shape index (κ1) is 15.9. The molecular weight excluding hydrogens is 264 g/mol. The molecule has 0 fully saturated rings. The summed E-state index contributed by atoms with van der Waals surface area (Å²) in [5, 5.41) is 22.9. The zero-order chi connectivity index (χ0) is 15.1. The van der Waals surface area contributed by atoms with Crippen molar-refractivity contribution in [2.75, 3.05) is 20.8 Å². The number of nitrogens with one attached hydrogen (secondary N) is 2. The molecule has 0 saturated heterocycles. The Hall–Kier alpha value is -2.12. The summed E-state index contributed by atoms with van der Waals surface area (Å²) in [6.45, 7) is -0.751. The predicted molar refractivity (Wildman–Crippen MR) is 71.3 cm³/mol. The van der Waals surface area contributed by atoms with Crippen molar-refractivity contribution in [3.8, 4) is 5.75 Å². The molecule has 7 heteroatoms. The van der Waals surface area contributed by atoms with Gasteiger partial charge in [0, 0.05) is 12.6 Å². The molecule has 1 aromatic carbocycles. The van der Waals surface area contributed by atoms with Crippen LogP contribution < -0.4 is 15.4 Å². The number of hydrogen-bond donors (Lipinski definition) is 4. The fraction of sp³-hybridized carbons (Fsp3) is 0.385. The first-order chi connectivity index (χ1) is 9.55. The van der Waals surface area contributed by atoms with E-state index in [-0.39, 0.29) is 12.2 Å². The van der Waals surface area contributed by atoms with Gasteiger partial charge in [0.2, 0.25) is 5.91 Å². The molecule has 2 amide bonds. The van der Waals surface area contributed by atoms with E-state index in [1.165, 1.54) is 26.3 Å². The maximum absolute atomic E-state index is 12.0. The van der Waals surface area contributed by atoms with Crippen LogP contribution in [0.5, 0.6) is 5.75 Å². The summed E-state index contributed by atoms with van der Waals surface area (Å²) in [6.07, 6.45) is 0. The van der Waals surface area contributed by atoms with E-state index in [0.29, 0.717) is 11.3 Å². The van der Waals surface area contributed by atoms with Crippen LogP contribution in [-0.4, -0.2) is 48.8 Å². The van der Waals surface area contributed by atoms with Crippen molar-refractivity contribution in [2.45, 2.75) is 12.6 Å². The molecule has 110 valence electrons. The van der Waals surface area contributed by atoms with Gasteiger partial charge in [-0.1, -0.05) is 0 Å². The van der Waals surface area contributed by atoms with E-state index in [2.05, 4.69) is 10.6 Å². The summed E-state index contributed by atoms with van der Waals surface area (Å²) in [6, 6.07) is 3.53. The minimum atomic E-state index is -1.03. The van der Waals surface area contributed by atoms with Crippen LogP contribution in [0.2, 0.25) is 0 Å². The summed E-state index contributed by atoms with van der Waals surface area (Å²) in [7, 11) is 2.85. The molecule has 7 nitrogen and oxygen atoms in total. The molecule has 20 heavy (non-hydrogen) atoms. The first-order valence-electron chi connectivity index (χ1n) is 5.97. The molecule has 0 saturated carbocycles. The van der Waals surface area contributed by atoms with Crippen LogP contribution in [0, 0.1) is 0 Å². The lowest BCUT2D eigenvalue weighted by Crippen LogP contribution is -2.47. The van der Waals surface area contributed by atoms with Crippen molar-refractivity contribution >= 4 is 11.8 Å². The summed E-state index contributed by atoms with van der Waals surface area (Å²) < 4.78 is 5.03. The van der Waals surface area contributed by atoms with Gasteiger partial charge in [-0.3, -0.25) is 9.59 Å². The minimum Gasteiger partial charge on any atom is -0.497 e. The smallest absolute Gasteiger partial charge is 0.252 e. The van der Waals surface area contributed by atoms with E-state index in [9.17, 15) is 9.59 Å². The van der Waals surface area contributed by atoms with E-state index in [1.54, 1.807) is 6.07 Å². The lowest BCUT2D eigenvalue weighted by molar-refractivity contribution is -0.123. The molecule has 0 unspecified atom stereocenters.